The van der Waals surface area contributed by atoms with E-state index >= 15 is 0 Å². The molecule has 1 aromatic carbocycles. The van der Waals surface area contributed by atoms with E-state index in [1.165, 1.54) is 4.90 Å². The number of carbonyl (C=O) groups excluding carboxylic acids is 3. The maximum atomic E-state index is 12.8. The highest BCUT2D eigenvalue weighted by Crippen LogP contribution is 2.33. The van der Waals surface area contributed by atoms with Crippen molar-refractivity contribution in [2.24, 2.45) is 0 Å². The second kappa shape index (κ2) is 8.84. The lowest BCUT2D eigenvalue weighted by molar-refractivity contribution is -0.134. The molecule has 1 aliphatic carbocycles. The fourth-order valence-electron chi connectivity index (χ4n) is 4.21. The average molecular weight is 402 g/mol. The number of nitrogens with one attached hydrogen (secondary N) is 1. The summed E-state index contributed by atoms with van der Waals surface area (Å²) in [4.78, 5) is 40.3. The van der Waals surface area contributed by atoms with E-state index in [1.807, 2.05) is 26.0 Å². The maximum absolute atomic E-state index is 12.8. The Hall–Kier alpha value is -2.57. The van der Waals surface area contributed by atoms with Crippen molar-refractivity contribution in [3.05, 3.63) is 29.3 Å². The van der Waals surface area contributed by atoms with Gasteiger partial charge in [0.15, 0.2) is 0 Å². The summed E-state index contributed by atoms with van der Waals surface area (Å²) in [5.41, 5.74) is 1.53. The van der Waals surface area contributed by atoms with E-state index in [9.17, 15) is 14.4 Å². The lowest BCUT2D eigenvalue weighted by atomic mass is 9.82. The van der Waals surface area contributed by atoms with Crippen LogP contribution in [0.2, 0.25) is 0 Å². The van der Waals surface area contributed by atoms with Crippen molar-refractivity contribution in [2.45, 2.75) is 57.9 Å². The zero-order chi connectivity index (χ0) is 21.0. The molecule has 2 fully saturated rings. The van der Waals surface area contributed by atoms with Gasteiger partial charge in [-0.3, -0.25) is 14.5 Å². The van der Waals surface area contributed by atoms with Crippen LogP contribution in [0, 0.1) is 13.8 Å². The number of hydrogen-bond acceptors (Lipinski definition) is 4. The molecule has 1 aliphatic heterocycles. The topological polar surface area (TPSA) is 79.0 Å². The summed E-state index contributed by atoms with van der Waals surface area (Å²) in [5, 5.41) is 2.88. The Kier molecular flexibility index (Phi) is 6.45. The molecule has 29 heavy (non-hydrogen) atoms. The second-order valence-electron chi connectivity index (χ2n) is 8.27. The number of carbonyl (C=O) groups is 3. The largest absolute Gasteiger partial charge is 0.492 e. The molecule has 1 saturated carbocycles. The highest BCUT2D eigenvalue weighted by molar-refractivity contribution is 6.07. The third kappa shape index (κ3) is 4.89. The van der Waals surface area contributed by atoms with Gasteiger partial charge < -0.3 is 15.0 Å². The molecule has 7 heteroatoms. The van der Waals surface area contributed by atoms with E-state index in [2.05, 4.69) is 11.4 Å². The first kappa shape index (κ1) is 21.1. The molecule has 0 aromatic heterocycles. The van der Waals surface area contributed by atoms with Crippen molar-refractivity contribution < 1.29 is 19.1 Å². The molecular formula is C22H31N3O4. The van der Waals surface area contributed by atoms with Crippen LogP contribution in [0.15, 0.2) is 18.2 Å². The molecule has 7 nitrogen and oxygen atoms in total. The Morgan fingerprint density at radius 2 is 1.79 bits per heavy atom. The maximum Gasteiger partial charge on any atom is 0.325 e. The van der Waals surface area contributed by atoms with E-state index in [-0.39, 0.29) is 30.8 Å². The van der Waals surface area contributed by atoms with Crippen LogP contribution in [0.1, 0.15) is 49.7 Å². The average Bonchev–Trinajstić information content (AvgIpc) is 2.89. The number of ether oxygens (including phenoxy) is 1. The Labute approximate surface area is 172 Å². The normalized spacial score (nSPS) is 18.1. The molecule has 0 radical (unpaired) electrons. The summed E-state index contributed by atoms with van der Waals surface area (Å²) >= 11 is 0. The SMILES string of the molecule is Cc1cc(C)cc(OCCN(C)C(=O)CCN2C(=O)NC3(CCCCC3)C2=O)c1. The number of urea groups is 1. The number of aryl methyl sites for hydroxylation is 2. The molecule has 1 N–H and O–H groups in total. The van der Waals surface area contributed by atoms with Crippen molar-refractivity contribution >= 4 is 17.8 Å². The fourth-order valence-corrected chi connectivity index (χ4v) is 4.21. The van der Waals surface area contributed by atoms with Crippen LogP contribution >= 0.6 is 0 Å². The van der Waals surface area contributed by atoms with Crippen molar-refractivity contribution in [3.63, 3.8) is 0 Å². The van der Waals surface area contributed by atoms with Gasteiger partial charge in [0, 0.05) is 20.0 Å². The summed E-state index contributed by atoms with van der Waals surface area (Å²) in [7, 11) is 1.71. The zero-order valence-corrected chi connectivity index (χ0v) is 17.6. The molecule has 1 spiro atoms. The van der Waals surface area contributed by atoms with E-state index in [0.717, 1.165) is 36.1 Å². The number of nitrogens with zero attached hydrogens (tertiary/aromatic N) is 2. The summed E-state index contributed by atoms with van der Waals surface area (Å²) in [5.74, 6) is 0.510. The van der Waals surface area contributed by atoms with Gasteiger partial charge in [-0.2, -0.15) is 0 Å². The Balaban J connectivity index is 1.45. The molecule has 158 valence electrons. The molecule has 1 saturated heterocycles. The van der Waals surface area contributed by atoms with Gasteiger partial charge in [-0.1, -0.05) is 25.3 Å². The minimum atomic E-state index is -0.732. The first-order chi connectivity index (χ1) is 13.8. The molecule has 4 amide bonds. The van der Waals surface area contributed by atoms with Crippen LogP contribution in [0.4, 0.5) is 4.79 Å². The van der Waals surface area contributed by atoms with Gasteiger partial charge in [-0.25, -0.2) is 4.79 Å². The molecule has 1 heterocycles. The van der Waals surface area contributed by atoms with Gasteiger partial charge in [0.25, 0.3) is 5.91 Å². The van der Waals surface area contributed by atoms with Crippen LogP contribution in [0.3, 0.4) is 0 Å². The van der Waals surface area contributed by atoms with Crippen LogP contribution in [0.5, 0.6) is 5.75 Å². The number of rotatable bonds is 7. The van der Waals surface area contributed by atoms with Crippen molar-refractivity contribution in [1.29, 1.82) is 0 Å². The van der Waals surface area contributed by atoms with Gasteiger partial charge in [-0.15, -0.1) is 0 Å². The lowest BCUT2D eigenvalue weighted by Gasteiger charge is -2.30. The summed E-state index contributed by atoms with van der Waals surface area (Å²) in [6, 6.07) is 5.64. The molecule has 3 rings (SSSR count). The Bertz CT molecular complexity index is 766. The number of hydrogen-bond donors (Lipinski definition) is 1. The number of benzene rings is 1. The number of amides is 4. The van der Waals surface area contributed by atoms with E-state index < -0.39 is 5.54 Å². The molecule has 0 bridgehead atoms. The molecule has 1 aromatic rings. The zero-order valence-electron chi connectivity index (χ0n) is 17.6. The van der Waals surface area contributed by atoms with Gasteiger partial charge in [-0.05, 0) is 49.9 Å². The summed E-state index contributed by atoms with van der Waals surface area (Å²) in [6.45, 7) is 4.98. The van der Waals surface area contributed by atoms with E-state index in [1.54, 1.807) is 11.9 Å². The van der Waals surface area contributed by atoms with Crippen LogP contribution in [0.25, 0.3) is 0 Å². The number of likely N-dealkylation sites (N-methyl/N-ethyl adjacent to an activating group) is 1. The Morgan fingerprint density at radius 1 is 1.14 bits per heavy atom. The highest BCUT2D eigenvalue weighted by atomic mass is 16.5. The molecule has 2 aliphatic rings. The second-order valence-corrected chi connectivity index (χ2v) is 8.27. The van der Waals surface area contributed by atoms with Crippen LogP contribution in [-0.4, -0.2) is 59.9 Å². The minimum absolute atomic E-state index is 0.112. The quantitative estimate of drug-likeness (QED) is 0.713. The smallest absolute Gasteiger partial charge is 0.325 e. The predicted octanol–water partition coefficient (Wildman–Crippen LogP) is 2.79. The van der Waals surface area contributed by atoms with Crippen LogP contribution < -0.4 is 10.1 Å². The summed E-state index contributed by atoms with van der Waals surface area (Å²) < 4.78 is 5.75. The van der Waals surface area contributed by atoms with Crippen LogP contribution in [-0.2, 0) is 9.59 Å². The number of imide groups is 1. The summed E-state index contributed by atoms with van der Waals surface area (Å²) in [6.07, 6.45) is 4.49. The van der Waals surface area contributed by atoms with Gasteiger partial charge in [0.05, 0.1) is 6.54 Å². The van der Waals surface area contributed by atoms with Gasteiger partial charge >= 0.3 is 6.03 Å². The minimum Gasteiger partial charge on any atom is -0.492 e. The highest BCUT2D eigenvalue weighted by Gasteiger charge is 2.51. The van der Waals surface area contributed by atoms with Crippen molar-refractivity contribution in [3.8, 4) is 5.75 Å². The van der Waals surface area contributed by atoms with Crippen molar-refractivity contribution in [1.82, 2.24) is 15.1 Å². The first-order valence-corrected chi connectivity index (χ1v) is 10.4. The third-order valence-electron chi connectivity index (χ3n) is 5.82. The first-order valence-electron chi connectivity index (χ1n) is 10.4. The molecule has 0 unspecified atom stereocenters. The van der Waals surface area contributed by atoms with E-state index in [0.29, 0.717) is 26.0 Å². The van der Waals surface area contributed by atoms with E-state index in [4.69, 9.17) is 4.74 Å². The van der Waals surface area contributed by atoms with Gasteiger partial charge in [0.2, 0.25) is 5.91 Å². The molecular weight excluding hydrogens is 370 g/mol. The Morgan fingerprint density at radius 3 is 2.45 bits per heavy atom. The monoisotopic (exact) mass is 401 g/mol. The lowest BCUT2D eigenvalue weighted by Crippen LogP contribution is -2.48. The molecule has 0 atom stereocenters. The standard InChI is InChI=1S/C22H31N3O4/c1-16-13-17(2)15-18(14-16)29-12-11-24(3)19(26)7-10-25-20(27)22(23-21(25)28)8-5-4-6-9-22/h13-15H,4-12H2,1-3H3,(H,23,28). The fraction of sp³-hybridized carbons (Fsp3) is 0.591. The third-order valence-corrected chi connectivity index (χ3v) is 5.82. The van der Waals surface area contributed by atoms with Gasteiger partial charge in [0.1, 0.15) is 17.9 Å². The van der Waals surface area contributed by atoms with Crippen molar-refractivity contribution in [2.75, 3.05) is 26.7 Å². The predicted molar refractivity (Wildman–Crippen MR) is 110 cm³/mol.